The quantitative estimate of drug-likeness (QED) is 0.849. The van der Waals surface area contributed by atoms with Crippen molar-refractivity contribution in [3.8, 4) is 5.75 Å². The molecule has 1 aliphatic carbocycles. The summed E-state index contributed by atoms with van der Waals surface area (Å²) in [5.41, 5.74) is 6.60. The lowest BCUT2D eigenvalue weighted by Gasteiger charge is -2.31. The molecule has 1 saturated carbocycles. The molecule has 0 unspecified atom stereocenters. The molecular weight excluding hydrogens is 276 g/mol. The van der Waals surface area contributed by atoms with Crippen molar-refractivity contribution in [2.45, 2.75) is 58.0 Å². The van der Waals surface area contributed by atoms with Crippen LogP contribution in [0.15, 0.2) is 24.3 Å². The van der Waals surface area contributed by atoms with E-state index in [-0.39, 0.29) is 5.91 Å². The molecule has 1 amide bonds. The van der Waals surface area contributed by atoms with Crippen LogP contribution >= 0.6 is 0 Å². The van der Waals surface area contributed by atoms with Crippen molar-refractivity contribution in [2.24, 2.45) is 11.7 Å². The highest BCUT2D eigenvalue weighted by atomic mass is 16.5. The second-order valence-electron chi connectivity index (χ2n) is 6.75. The first kappa shape index (κ1) is 16.8. The van der Waals surface area contributed by atoms with E-state index in [4.69, 9.17) is 10.5 Å². The fourth-order valence-electron chi connectivity index (χ4n) is 2.78. The molecule has 1 aliphatic rings. The van der Waals surface area contributed by atoms with Crippen molar-refractivity contribution in [3.05, 3.63) is 29.8 Å². The maximum Gasteiger partial charge on any atom is 0.240 e. The Kier molecular flexibility index (Phi) is 5.83. The van der Waals surface area contributed by atoms with Crippen molar-refractivity contribution in [1.82, 2.24) is 5.32 Å². The first-order valence-electron chi connectivity index (χ1n) is 8.28. The predicted octanol–water partition coefficient (Wildman–Crippen LogP) is 3.00. The smallest absolute Gasteiger partial charge is 0.240 e. The largest absolute Gasteiger partial charge is 0.493 e. The van der Waals surface area contributed by atoms with E-state index in [0.717, 1.165) is 37.0 Å². The summed E-state index contributed by atoms with van der Waals surface area (Å²) in [5.74, 6) is 1.31. The van der Waals surface area contributed by atoms with Gasteiger partial charge in [-0.3, -0.25) is 4.79 Å². The zero-order valence-corrected chi connectivity index (χ0v) is 13.7. The Labute approximate surface area is 133 Å². The van der Waals surface area contributed by atoms with Gasteiger partial charge in [-0.05, 0) is 36.5 Å². The Morgan fingerprint density at radius 2 is 2.05 bits per heavy atom. The monoisotopic (exact) mass is 304 g/mol. The minimum absolute atomic E-state index is 0.0271. The van der Waals surface area contributed by atoms with Crippen LogP contribution < -0.4 is 15.8 Å². The topological polar surface area (TPSA) is 64.3 Å². The van der Waals surface area contributed by atoms with Crippen LogP contribution in [0.25, 0.3) is 0 Å². The van der Waals surface area contributed by atoms with Gasteiger partial charge in [-0.25, -0.2) is 0 Å². The van der Waals surface area contributed by atoms with Crippen LogP contribution in [0.2, 0.25) is 0 Å². The summed E-state index contributed by atoms with van der Waals surface area (Å²) in [6.45, 7) is 5.43. The molecule has 2 rings (SSSR count). The number of nitrogens with one attached hydrogen (secondary N) is 1. The Morgan fingerprint density at radius 3 is 2.73 bits per heavy atom. The molecule has 0 aliphatic heterocycles. The maximum atomic E-state index is 12.3. The van der Waals surface area contributed by atoms with Gasteiger partial charge in [0, 0.05) is 6.54 Å². The number of ether oxygens (including phenoxy) is 1. The van der Waals surface area contributed by atoms with Gasteiger partial charge in [0.05, 0.1) is 12.1 Å². The van der Waals surface area contributed by atoms with Crippen LogP contribution in [0.4, 0.5) is 0 Å². The molecule has 0 spiro atoms. The van der Waals surface area contributed by atoms with E-state index in [1.165, 1.54) is 6.42 Å². The van der Waals surface area contributed by atoms with E-state index in [9.17, 15) is 4.79 Å². The lowest BCUT2D eigenvalue weighted by Crippen LogP contribution is -2.54. The fraction of sp³-hybridized carbons (Fsp3) is 0.611. The molecule has 0 saturated heterocycles. The summed E-state index contributed by atoms with van der Waals surface area (Å²) in [5, 5.41) is 2.98. The van der Waals surface area contributed by atoms with Crippen molar-refractivity contribution >= 4 is 5.91 Å². The second-order valence-corrected chi connectivity index (χ2v) is 6.75. The molecule has 3 N–H and O–H groups in total. The van der Waals surface area contributed by atoms with Crippen molar-refractivity contribution in [3.63, 3.8) is 0 Å². The molecule has 1 fully saturated rings. The number of carbonyl (C=O) groups is 1. The van der Waals surface area contributed by atoms with Crippen LogP contribution in [-0.2, 0) is 11.3 Å². The maximum absolute atomic E-state index is 12.3. The second kappa shape index (κ2) is 7.63. The Bertz CT molecular complexity index is 494. The molecule has 1 aromatic rings. The van der Waals surface area contributed by atoms with Gasteiger partial charge in [0.25, 0.3) is 0 Å². The average Bonchev–Trinajstić information content (AvgIpc) is 2.51. The number of nitrogens with two attached hydrogens (primary N) is 1. The Hall–Kier alpha value is -1.55. The molecule has 4 heteroatoms. The van der Waals surface area contributed by atoms with Gasteiger partial charge in [-0.2, -0.15) is 0 Å². The van der Waals surface area contributed by atoms with Gasteiger partial charge in [0.2, 0.25) is 5.91 Å². The van der Waals surface area contributed by atoms with Crippen molar-refractivity contribution < 1.29 is 9.53 Å². The summed E-state index contributed by atoms with van der Waals surface area (Å²) in [6, 6.07) is 7.87. The number of carbonyl (C=O) groups excluding carboxylic acids is 1. The predicted molar refractivity (Wildman–Crippen MR) is 88.6 cm³/mol. The molecule has 0 bridgehead atoms. The minimum Gasteiger partial charge on any atom is -0.493 e. The van der Waals surface area contributed by atoms with E-state index in [1.807, 2.05) is 24.3 Å². The lowest BCUT2D eigenvalue weighted by atomic mass is 9.82. The number of hydrogen-bond donors (Lipinski definition) is 2. The third kappa shape index (κ3) is 4.73. The van der Waals surface area contributed by atoms with E-state index >= 15 is 0 Å². The zero-order chi connectivity index (χ0) is 16.0. The standard InChI is InChI=1S/C18H28N2O2/c1-14(2)13-22-16-8-6-7-15(11-16)12-20-17(21)18(19)9-4-3-5-10-18/h6-8,11,14H,3-5,9-10,12-13,19H2,1-2H3,(H,20,21). The van der Waals surface area contributed by atoms with E-state index < -0.39 is 5.54 Å². The van der Waals surface area contributed by atoms with Crippen molar-refractivity contribution in [2.75, 3.05) is 6.61 Å². The number of benzene rings is 1. The molecule has 0 aromatic heterocycles. The third-order valence-electron chi connectivity index (χ3n) is 4.13. The van der Waals surface area contributed by atoms with Gasteiger partial charge in [-0.1, -0.05) is 45.2 Å². The van der Waals surface area contributed by atoms with Crippen LogP contribution in [0.3, 0.4) is 0 Å². The number of rotatable bonds is 6. The summed E-state index contributed by atoms with van der Waals surface area (Å²) in [6.07, 6.45) is 4.85. The van der Waals surface area contributed by atoms with E-state index in [2.05, 4.69) is 19.2 Å². The van der Waals surface area contributed by atoms with E-state index in [1.54, 1.807) is 0 Å². The summed E-state index contributed by atoms with van der Waals surface area (Å²) < 4.78 is 5.71. The number of amides is 1. The molecular formula is C18H28N2O2. The molecule has 0 atom stereocenters. The molecule has 0 radical (unpaired) electrons. The zero-order valence-electron chi connectivity index (χ0n) is 13.7. The Morgan fingerprint density at radius 1 is 1.32 bits per heavy atom. The van der Waals surface area contributed by atoms with Crippen LogP contribution in [0.1, 0.15) is 51.5 Å². The SMILES string of the molecule is CC(C)COc1cccc(CNC(=O)C2(N)CCCCC2)c1. The molecule has 4 nitrogen and oxygen atoms in total. The van der Waals surface area contributed by atoms with Gasteiger partial charge in [-0.15, -0.1) is 0 Å². The van der Waals surface area contributed by atoms with Gasteiger partial charge >= 0.3 is 0 Å². The van der Waals surface area contributed by atoms with Gasteiger partial charge in [0.15, 0.2) is 0 Å². The first-order valence-corrected chi connectivity index (χ1v) is 8.28. The minimum atomic E-state index is -0.677. The van der Waals surface area contributed by atoms with Crippen LogP contribution in [0.5, 0.6) is 5.75 Å². The highest BCUT2D eigenvalue weighted by Gasteiger charge is 2.34. The van der Waals surface area contributed by atoms with Gasteiger partial charge < -0.3 is 15.8 Å². The molecule has 122 valence electrons. The Balaban J connectivity index is 1.88. The van der Waals surface area contributed by atoms with Gasteiger partial charge in [0.1, 0.15) is 5.75 Å². The third-order valence-corrected chi connectivity index (χ3v) is 4.13. The molecule has 1 aromatic carbocycles. The normalized spacial score (nSPS) is 17.3. The summed E-state index contributed by atoms with van der Waals surface area (Å²) >= 11 is 0. The molecule has 22 heavy (non-hydrogen) atoms. The molecule has 0 heterocycles. The summed E-state index contributed by atoms with van der Waals surface area (Å²) in [7, 11) is 0. The lowest BCUT2D eigenvalue weighted by molar-refractivity contribution is -0.127. The summed E-state index contributed by atoms with van der Waals surface area (Å²) in [4.78, 5) is 12.3. The average molecular weight is 304 g/mol. The highest BCUT2D eigenvalue weighted by molar-refractivity contribution is 5.86. The first-order chi connectivity index (χ1) is 10.5. The van der Waals surface area contributed by atoms with Crippen LogP contribution in [-0.4, -0.2) is 18.1 Å². The van der Waals surface area contributed by atoms with E-state index in [0.29, 0.717) is 19.1 Å². The van der Waals surface area contributed by atoms with Crippen molar-refractivity contribution in [1.29, 1.82) is 0 Å². The number of hydrogen-bond acceptors (Lipinski definition) is 3. The van der Waals surface area contributed by atoms with Crippen LogP contribution in [0, 0.1) is 5.92 Å². The fourth-order valence-corrected chi connectivity index (χ4v) is 2.78. The highest BCUT2D eigenvalue weighted by Crippen LogP contribution is 2.26.